The maximum atomic E-state index is 5.88. The van der Waals surface area contributed by atoms with Crippen LogP contribution >= 0.6 is 11.6 Å². The van der Waals surface area contributed by atoms with Crippen molar-refractivity contribution in [2.45, 2.75) is 32.9 Å². The zero-order chi connectivity index (χ0) is 14.5. The van der Waals surface area contributed by atoms with Crippen LogP contribution in [0.4, 0.5) is 5.95 Å². The van der Waals surface area contributed by atoms with Crippen molar-refractivity contribution in [1.82, 2.24) is 9.97 Å². The Hall–Kier alpha value is -1.81. The number of hydrogen-bond donors (Lipinski definition) is 1. The maximum absolute atomic E-state index is 5.88. The van der Waals surface area contributed by atoms with Crippen LogP contribution in [0.1, 0.15) is 32.4 Å². The molecule has 1 atom stereocenters. The summed E-state index contributed by atoms with van der Waals surface area (Å²) in [5.74, 6) is 1.12. The minimum Gasteiger partial charge on any atom is -0.475 e. The highest BCUT2D eigenvalue weighted by molar-refractivity contribution is 6.30. The van der Waals surface area contributed by atoms with Gasteiger partial charge in [-0.15, -0.1) is 0 Å². The molecule has 0 aliphatic carbocycles. The first-order chi connectivity index (χ1) is 9.54. The van der Waals surface area contributed by atoms with Gasteiger partial charge in [0.25, 0.3) is 0 Å². The fraction of sp³-hybridized carbons (Fsp3) is 0.333. The molecule has 0 aliphatic rings. The highest BCUT2D eigenvalue weighted by atomic mass is 35.5. The molecule has 0 bridgehead atoms. The third kappa shape index (κ3) is 4.10. The van der Waals surface area contributed by atoms with Crippen molar-refractivity contribution < 1.29 is 4.74 Å². The van der Waals surface area contributed by atoms with Crippen molar-refractivity contribution in [3.63, 3.8) is 0 Å². The third-order valence-corrected chi connectivity index (χ3v) is 2.95. The average Bonchev–Trinajstić information content (AvgIpc) is 2.39. The minimum atomic E-state index is 0.0848. The number of nitrogens with zero attached hydrogens (tertiary/aromatic N) is 2. The van der Waals surface area contributed by atoms with E-state index >= 15 is 0 Å². The highest BCUT2D eigenvalue weighted by Gasteiger charge is 2.08. The smallest absolute Gasteiger partial charge is 0.226 e. The number of rotatable bonds is 5. The molecule has 5 heteroatoms. The molecule has 0 radical (unpaired) electrons. The molecule has 0 aliphatic heterocycles. The highest BCUT2D eigenvalue weighted by Crippen LogP contribution is 2.20. The number of benzene rings is 1. The molecule has 0 fully saturated rings. The molecule has 1 aromatic heterocycles. The molecule has 2 aromatic rings. The van der Waals surface area contributed by atoms with E-state index in [-0.39, 0.29) is 12.1 Å². The van der Waals surface area contributed by atoms with Gasteiger partial charge in [0.05, 0.1) is 12.1 Å². The topological polar surface area (TPSA) is 47.0 Å². The molecule has 0 saturated carbocycles. The van der Waals surface area contributed by atoms with Crippen LogP contribution in [0.2, 0.25) is 5.02 Å². The molecular formula is C15H18ClN3O. The van der Waals surface area contributed by atoms with Crippen LogP contribution in [-0.2, 0) is 0 Å². The molecule has 1 heterocycles. The Bertz CT molecular complexity index is 557. The number of nitrogens with one attached hydrogen (secondary N) is 1. The third-order valence-electron chi connectivity index (χ3n) is 2.70. The summed E-state index contributed by atoms with van der Waals surface area (Å²) in [6.45, 7) is 5.97. The Morgan fingerprint density at radius 3 is 2.45 bits per heavy atom. The Morgan fingerprint density at radius 1 is 1.10 bits per heavy atom. The second-order valence-electron chi connectivity index (χ2n) is 4.80. The van der Waals surface area contributed by atoms with E-state index in [9.17, 15) is 0 Å². The Kier molecular flexibility index (Phi) is 4.79. The second-order valence-corrected chi connectivity index (χ2v) is 5.24. The van der Waals surface area contributed by atoms with Gasteiger partial charge in [-0.25, -0.2) is 4.98 Å². The van der Waals surface area contributed by atoms with Crippen molar-refractivity contribution in [2.75, 3.05) is 5.32 Å². The predicted octanol–water partition coefficient (Wildman–Crippen LogP) is 4.09. The van der Waals surface area contributed by atoms with Gasteiger partial charge in [-0.05, 0) is 38.5 Å². The average molecular weight is 292 g/mol. The van der Waals surface area contributed by atoms with Crippen molar-refractivity contribution >= 4 is 17.5 Å². The molecule has 1 N–H and O–H groups in total. The lowest BCUT2D eigenvalue weighted by Gasteiger charge is -2.15. The van der Waals surface area contributed by atoms with Gasteiger partial charge in [0.2, 0.25) is 11.8 Å². The van der Waals surface area contributed by atoms with Gasteiger partial charge >= 0.3 is 0 Å². The van der Waals surface area contributed by atoms with Crippen LogP contribution in [0, 0.1) is 0 Å². The summed E-state index contributed by atoms with van der Waals surface area (Å²) in [5, 5.41) is 3.97. The van der Waals surface area contributed by atoms with Gasteiger partial charge in [0.1, 0.15) is 0 Å². The number of halogens is 1. The Balaban J connectivity index is 2.07. The van der Waals surface area contributed by atoms with E-state index in [1.54, 1.807) is 12.3 Å². The summed E-state index contributed by atoms with van der Waals surface area (Å²) in [7, 11) is 0. The molecule has 2 rings (SSSR count). The molecular weight excluding hydrogens is 274 g/mol. The van der Waals surface area contributed by atoms with Crippen molar-refractivity contribution in [3.05, 3.63) is 47.1 Å². The normalized spacial score (nSPS) is 12.2. The fourth-order valence-electron chi connectivity index (χ4n) is 1.75. The second kappa shape index (κ2) is 6.57. The van der Waals surface area contributed by atoms with Crippen LogP contribution in [0.25, 0.3) is 0 Å². The molecule has 106 valence electrons. The molecule has 0 saturated heterocycles. The lowest BCUT2D eigenvalue weighted by atomic mass is 10.1. The summed E-state index contributed by atoms with van der Waals surface area (Å²) in [4.78, 5) is 8.53. The van der Waals surface area contributed by atoms with Crippen molar-refractivity contribution in [1.29, 1.82) is 0 Å². The van der Waals surface area contributed by atoms with Gasteiger partial charge in [-0.2, -0.15) is 4.98 Å². The molecule has 0 amide bonds. The SMILES string of the molecule is CC(C)Oc1ccnc(NC(C)c2ccc(Cl)cc2)n1. The maximum Gasteiger partial charge on any atom is 0.226 e. The standard InChI is InChI=1S/C15H18ClN3O/c1-10(2)20-14-8-9-17-15(19-14)18-11(3)12-4-6-13(16)7-5-12/h4-11H,1-3H3,(H,17,18,19). The first-order valence-corrected chi connectivity index (χ1v) is 6.94. The minimum absolute atomic E-state index is 0.0848. The van der Waals surface area contributed by atoms with E-state index in [1.165, 1.54) is 0 Å². The molecule has 4 nitrogen and oxygen atoms in total. The van der Waals surface area contributed by atoms with Crippen LogP contribution in [0.3, 0.4) is 0 Å². The summed E-state index contributed by atoms with van der Waals surface area (Å²) in [6.07, 6.45) is 1.77. The Labute approximate surface area is 124 Å². The van der Waals surface area contributed by atoms with Crippen LogP contribution in [0.15, 0.2) is 36.5 Å². The van der Waals surface area contributed by atoms with Crippen LogP contribution < -0.4 is 10.1 Å². The van der Waals surface area contributed by atoms with Crippen LogP contribution in [-0.4, -0.2) is 16.1 Å². The molecule has 1 unspecified atom stereocenters. The fourth-order valence-corrected chi connectivity index (χ4v) is 1.87. The first-order valence-electron chi connectivity index (χ1n) is 6.56. The van der Waals surface area contributed by atoms with E-state index in [0.29, 0.717) is 11.8 Å². The zero-order valence-electron chi connectivity index (χ0n) is 11.8. The number of anilines is 1. The van der Waals surface area contributed by atoms with Gasteiger partial charge in [0, 0.05) is 17.3 Å². The number of hydrogen-bond acceptors (Lipinski definition) is 4. The van der Waals surface area contributed by atoms with Gasteiger partial charge in [0.15, 0.2) is 0 Å². The number of aromatic nitrogens is 2. The van der Waals surface area contributed by atoms with E-state index in [1.807, 2.05) is 45.0 Å². The van der Waals surface area contributed by atoms with Gasteiger partial charge < -0.3 is 10.1 Å². The van der Waals surface area contributed by atoms with E-state index < -0.39 is 0 Å². The van der Waals surface area contributed by atoms with Gasteiger partial charge in [-0.1, -0.05) is 23.7 Å². The molecule has 1 aromatic carbocycles. The van der Waals surface area contributed by atoms with E-state index in [0.717, 1.165) is 10.6 Å². The van der Waals surface area contributed by atoms with Crippen molar-refractivity contribution in [2.24, 2.45) is 0 Å². The lowest BCUT2D eigenvalue weighted by molar-refractivity contribution is 0.232. The van der Waals surface area contributed by atoms with E-state index in [2.05, 4.69) is 15.3 Å². The Morgan fingerprint density at radius 2 is 1.80 bits per heavy atom. The van der Waals surface area contributed by atoms with Gasteiger partial charge in [-0.3, -0.25) is 0 Å². The largest absolute Gasteiger partial charge is 0.475 e. The van der Waals surface area contributed by atoms with Crippen LogP contribution in [0.5, 0.6) is 5.88 Å². The summed E-state index contributed by atoms with van der Waals surface area (Å²) >= 11 is 5.88. The summed E-state index contributed by atoms with van der Waals surface area (Å²) < 4.78 is 5.55. The lowest BCUT2D eigenvalue weighted by Crippen LogP contribution is -2.11. The first kappa shape index (κ1) is 14.6. The quantitative estimate of drug-likeness (QED) is 0.901. The monoisotopic (exact) mass is 291 g/mol. The predicted molar refractivity (Wildman–Crippen MR) is 81.3 cm³/mol. The number of ether oxygens (including phenoxy) is 1. The molecule has 20 heavy (non-hydrogen) atoms. The summed E-state index contributed by atoms with van der Waals surface area (Å²) in [6, 6.07) is 9.53. The summed E-state index contributed by atoms with van der Waals surface area (Å²) in [5.41, 5.74) is 1.12. The van der Waals surface area contributed by atoms with Crippen molar-refractivity contribution in [3.8, 4) is 5.88 Å². The van der Waals surface area contributed by atoms with E-state index in [4.69, 9.17) is 16.3 Å². The molecule has 0 spiro atoms. The zero-order valence-corrected chi connectivity index (χ0v) is 12.6.